The molecule has 0 aliphatic carbocycles. The van der Waals surface area contributed by atoms with E-state index in [-0.39, 0.29) is 11.1 Å². The smallest absolute Gasteiger partial charge is 0.289 e. The Morgan fingerprint density at radius 1 is 1.47 bits per heavy atom. The Morgan fingerprint density at radius 3 is 2.65 bits per heavy atom. The molecule has 1 aliphatic rings. The number of carbonyl (C=O) groups excluding carboxylic acids is 1. The van der Waals surface area contributed by atoms with E-state index in [2.05, 4.69) is 13.8 Å². The first-order valence-corrected chi connectivity index (χ1v) is 6.52. The summed E-state index contributed by atoms with van der Waals surface area (Å²) < 4.78 is 5.17. The molecule has 2 rings (SSSR count). The van der Waals surface area contributed by atoms with E-state index < -0.39 is 0 Å². The van der Waals surface area contributed by atoms with Crippen molar-refractivity contribution in [2.45, 2.75) is 33.1 Å². The van der Waals surface area contributed by atoms with Crippen LogP contribution in [0.2, 0.25) is 5.22 Å². The van der Waals surface area contributed by atoms with Crippen molar-refractivity contribution in [2.24, 2.45) is 5.41 Å². The molecule has 1 fully saturated rings. The molecule has 0 unspecified atom stereocenters. The quantitative estimate of drug-likeness (QED) is 0.827. The normalized spacial score (nSPS) is 18.6. The van der Waals surface area contributed by atoms with Crippen LogP contribution in [0.25, 0.3) is 0 Å². The Bertz CT molecular complexity index is 409. The number of carbonyl (C=O) groups is 1. The lowest BCUT2D eigenvalue weighted by molar-refractivity contribution is 0.0738. The SMILES string of the molecule is CCC1(CC)CCN(C(=O)c2ccc(Cl)o2)C1. The summed E-state index contributed by atoms with van der Waals surface area (Å²) >= 11 is 5.68. The van der Waals surface area contributed by atoms with E-state index in [4.69, 9.17) is 16.0 Å². The van der Waals surface area contributed by atoms with Crippen LogP contribution in [-0.4, -0.2) is 23.9 Å². The molecule has 4 heteroatoms. The highest BCUT2D eigenvalue weighted by Gasteiger charge is 2.37. The third-order valence-electron chi connectivity index (χ3n) is 4.01. The van der Waals surface area contributed by atoms with Crippen molar-refractivity contribution < 1.29 is 9.21 Å². The molecule has 3 nitrogen and oxygen atoms in total. The number of hydrogen-bond donors (Lipinski definition) is 0. The molecule has 1 aromatic rings. The summed E-state index contributed by atoms with van der Waals surface area (Å²) in [6, 6.07) is 3.25. The fraction of sp³-hybridized carbons (Fsp3) is 0.615. The molecule has 0 radical (unpaired) electrons. The summed E-state index contributed by atoms with van der Waals surface area (Å²) in [5, 5.41) is 0.268. The zero-order valence-electron chi connectivity index (χ0n) is 10.3. The van der Waals surface area contributed by atoms with Gasteiger partial charge in [0.25, 0.3) is 5.91 Å². The number of rotatable bonds is 3. The number of halogens is 1. The summed E-state index contributed by atoms with van der Waals surface area (Å²) in [6.45, 7) is 6.04. The maximum absolute atomic E-state index is 12.2. The maximum atomic E-state index is 12.2. The van der Waals surface area contributed by atoms with Crippen LogP contribution >= 0.6 is 11.6 Å². The minimum absolute atomic E-state index is 0.0410. The van der Waals surface area contributed by atoms with Crippen molar-refractivity contribution in [1.82, 2.24) is 4.90 Å². The predicted molar refractivity (Wildman–Crippen MR) is 67.3 cm³/mol. The van der Waals surface area contributed by atoms with Crippen LogP contribution in [0.5, 0.6) is 0 Å². The zero-order chi connectivity index (χ0) is 12.5. The van der Waals surface area contributed by atoms with Gasteiger partial charge in [-0.3, -0.25) is 4.79 Å². The number of likely N-dealkylation sites (tertiary alicyclic amines) is 1. The van der Waals surface area contributed by atoms with Crippen LogP contribution in [0.15, 0.2) is 16.5 Å². The van der Waals surface area contributed by atoms with Crippen molar-refractivity contribution in [2.75, 3.05) is 13.1 Å². The predicted octanol–water partition coefficient (Wildman–Crippen LogP) is 3.59. The van der Waals surface area contributed by atoms with Gasteiger partial charge in [0.05, 0.1) is 0 Å². The lowest BCUT2D eigenvalue weighted by Gasteiger charge is -2.25. The van der Waals surface area contributed by atoms with E-state index in [1.807, 2.05) is 4.90 Å². The van der Waals surface area contributed by atoms with E-state index in [1.165, 1.54) is 0 Å². The molecule has 0 N–H and O–H groups in total. The fourth-order valence-corrected chi connectivity index (χ4v) is 2.67. The Balaban J connectivity index is 2.08. The highest BCUT2D eigenvalue weighted by Crippen LogP contribution is 2.37. The van der Waals surface area contributed by atoms with Crippen molar-refractivity contribution >= 4 is 17.5 Å². The topological polar surface area (TPSA) is 33.5 Å². The molecule has 1 amide bonds. The molecule has 1 aliphatic heterocycles. The minimum atomic E-state index is -0.0410. The van der Waals surface area contributed by atoms with Gasteiger partial charge in [-0.05, 0) is 48.4 Å². The van der Waals surface area contributed by atoms with Gasteiger partial charge in [0.1, 0.15) is 0 Å². The summed E-state index contributed by atoms with van der Waals surface area (Å²) in [5.41, 5.74) is 0.298. The molecule has 0 bridgehead atoms. The highest BCUT2D eigenvalue weighted by atomic mass is 35.5. The molecular weight excluding hydrogens is 238 g/mol. The number of furan rings is 1. The third-order valence-corrected chi connectivity index (χ3v) is 4.21. The molecule has 94 valence electrons. The van der Waals surface area contributed by atoms with Crippen LogP contribution in [0, 0.1) is 5.41 Å². The monoisotopic (exact) mass is 255 g/mol. The first-order valence-electron chi connectivity index (χ1n) is 6.15. The van der Waals surface area contributed by atoms with Crippen LogP contribution < -0.4 is 0 Å². The molecule has 1 saturated heterocycles. The second kappa shape index (κ2) is 4.73. The fourth-order valence-electron chi connectivity index (χ4n) is 2.52. The van der Waals surface area contributed by atoms with E-state index in [0.717, 1.165) is 32.4 Å². The Hall–Kier alpha value is -0.960. The summed E-state index contributed by atoms with van der Waals surface area (Å²) in [4.78, 5) is 14.0. The first-order chi connectivity index (χ1) is 8.10. The molecule has 2 heterocycles. The molecule has 0 spiro atoms. The summed E-state index contributed by atoms with van der Waals surface area (Å²) in [7, 11) is 0. The van der Waals surface area contributed by atoms with Gasteiger partial charge in [-0.15, -0.1) is 0 Å². The standard InChI is InChI=1S/C13H18ClNO2/c1-3-13(4-2)7-8-15(9-13)12(16)10-5-6-11(14)17-10/h5-6H,3-4,7-9H2,1-2H3. The average Bonchev–Trinajstić information content (AvgIpc) is 2.95. The number of amides is 1. The molecule has 0 atom stereocenters. The van der Waals surface area contributed by atoms with Crippen LogP contribution in [0.3, 0.4) is 0 Å². The molecule has 0 aromatic carbocycles. The lowest BCUT2D eigenvalue weighted by Crippen LogP contribution is -2.31. The molecule has 1 aromatic heterocycles. The first kappa shape index (κ1) is 12.5. The largest absolute Gasteiger partial charge is 0.440 e. The second-order valence-electron chi connectivity index (χ2n) is 4.79. The van der Waals surface area contributed by atoms with Crippen molar-refractivity contribution in [3.63, 3.8) is 0 Å². The summed E-state index contributed by atoms with van der Waals surface area (Å²) in [5.74, 6) is 0.304. The van der Waals surface area contributed by atoms with Gasteiger partial charge in [-0.25, -0.2) is 0 Å². The third kappa shape index (κ3) is 2.34. The van der Waals surface area contributed by atoms with E-state index in [0.29, 0.717) is 11.2 Å². The van der Waals surface area contributed by atoms with Gasteiger partial charge < -0.3 is 9.32 Å². The van der Waals surface area contributed by atoms with Crippen molar-refractivity contribution in [3.8, 4) is 0 Å². The van der Waals surface area contributed by atoms with Gasteiger partial charge >= 0.3 is 0 Å². The number of nitrogens with zero attached hydrogens (tertiary/aromatic N) is 1. The highest BCUT2D eigenvalue weighted by molar-refractivity contribution is 6.29. The van der Waals surface area contributed by atoms with Crippen LogP contribution in [-0.2, 0) is 0 Å². The van der Waals surface area contributed by atoms with E-state index in [9.17, 15) is 4.79 Å². The van der Waals surface area contributed by atoms with Crippen molar-refractivity contribution in [1.29, 1.82) is 0 Å². The number of hydrogen-bond acceptors (Lipinski definition) is 2. The van der Waals surface area contributed by atoms with Crippen molar-refractivity contribution in [3.05, 3.63) is 23.1 Å². The lowest BCUT2D eigenvalue weighted by atomic mass is 9.82. The van der Waals surface area contributed by atoms with Crippen LogP contribution in [0.4, 0.5) is 0 Å². The molecule has 17 heavy (non-hydrogen) atoms. The second-order valence-corrected chi connectivity index (χ2v) is 5.16. The Kier molecular flexibility index (Phi) is 3.48. The van der Waals surface area contributed by atoms with Gasteiger partial charge in [0.15, 0.2) is 11.0 Å². The maximum Gasteiger partial charge on any atom is 0.289 e. The van der Waals surface area contributed by atoms with Crippen LogP contribution in [0.1, 0.15) is 43.7 Å². The van der Waals surface area contributed by atoms with Gasteiger partial charge in [0, 0.05) is 13.1 Å². The Labute approximate surface area is 107 Å². The molecule has 0 saturated carbocycles. The Morgan fingerprint density at radius 2 is 2.18 bits per heavy atom. The van der Waals surface area contributed by atoms with Gasteiger partial charge in [-0.2, -0.15) is 0 Å². The molecular formula is C13H18ClNO2. The van der Waals surface area contributed by atoms with E-state index >= 15 is 0 Å². The summed E-state index contributed by atoms with van der Waals surface area (Å²) in [6.07, 6.45) is 3.32. The van der Waals surface area contributed by atoms with Gasteiger partial charge in [0.2, 0.25) is 0 Å². The average molecular weight is 256 g/mol. The minimum Gasteiger partial charge on any atom is -0.440 e. The zero-order valence-corrected chi connectivity index (χ0v) is 11.1. The van der Waals surface area contributed by atoms with E-state index in [1.54, 1.807) is 12.1 Å². The van der Waals surface area contributed by atoms with Gasteiger partial charge in [-0.1, -0.05) is 13.8 Å².